The second kappa shape index (κ2) is 6.59. The van der Waals surface area contributed by atoms with Gasteiger partial charge >= 0.3 is 6.18 Å². The van der Waals surface area contributed by atoms with E-state index in [0.717, 1.165) is 12.1 Å². The molecule has 0 fully saturated rings. The lowest BCUT2D eigenvalue weighted by atomic mass is 9.93. The molecule has 1 aliphatic rings. The molecule has 3 heterocycles. The van der Waals surface area contributed by atoms with Crippen molar-refractivity contribution in [1.29, 1.82) is 0 Å². The number of alkyl halides is 3. The Hall–Kier alpha value is -2.94. The van der Waals surface area contributed by atoms with Crippen molar-refractivity contribution in [2.24, 2.45) is 4.99 Å². The lowest BCUT2D eigenvalue weighted by molar-refractivity contribution is -0.137. The van der Waals surface area contributed by atoms with Gasteiger partial charge in [-0.2, -0.15) is 18.3 Å². The average Bonchev–Trinajstić information content (AvgIpc) is 3.32. The van der Waals surface area contributed by atoms with Crippen molar-refractivity contribution in [1.82, 2.24) is 14.9 Å². The highest BCUT2D eigenvalue weighted by Crippen LogP contribution is 2.39. The Bertz CT molecular complexity index is 1080. The van der Waals surface area contributed by atoms with Crippen molar-refractivity contribution in [3.63, 3.8) is 0 Å². The van der Waals surface area contributed by atoms with E-state index in [-0.39, 0.29) is 19.7 Å². The Labute approximate surface area is 158 Å². The van der Waals surface area contributed by atoms with E-state index in [1.54, 1.807) is 26.1 Å². The van der Waals surface area contributed by atoms with Crippen LogP contribution in [0.15, 0.2) is 27.7 Å². The van der Waals surface area contributed by atoms with Crippen LogP contribution in [0.2, 0.25) is 0 Å². The molecule has 0 unspecified atom stereocenters. The fourth-order valence-corrected chi connectivity index (χ4v) is 3.51. The van der Waals surface area contributed by atoms with Crippen molar-refractivity contribution < 1.29 is 22.8 Å². The van der Waals surface area contributed by atoms with Crippen LogP contribution < -0.4 is 0 Å². The van der Waals surface area contributed by atoms with Crippen molar-refractivity contribution in [2.75, 3.05) is 0 Å². The molecule has 4 rings (SSSR count). The molecule has 2 aromatic heterocycles. The first-order chi connectivity index (χ1) is 13.3. The van der Waals surface area contributed by atoms with Crippen LogP contribution in [0.1, 0.15) is 39.5 Å². The number of aliphatic hydroxyl groups excluding tert-OH is 1. The number of rotatable bonds is 4. The van der Waals surface area contributed by atoms with Crippen LogP contribution in [0.25, 0.3) is 11.1 Å². The molecule has 0 spiro atoms. The predicted molar refractivity (Wildman–Crippen MR) is 95.0 cm³/mol. The summed E-state index contributed by atoms with van der Waals surface area (Å²) in [6, 6.07) is 3.97. The van der Waals surface area contributed by atoms with Crippen LogP contribution in [-0.4, -0.2) is 26.3 Å². The zero-order valence-corrected chi connectivity index (χ0v) is 15.2. The first-order valence-electron chi connectivity index (χ1n) is 8.61. The third kappa shape index (κ3) is 3.11. The van der Waals surface area contributed by atoms with E-state index in [2.05, 4.69) is 15.2 Å². The Morgan fingerprint density at radius 1 is 1.21 bits per heavy atom. The molecule has 0 aliphatic carbocycles. The minimum absolute atomic E-state index is 0.200. The van der Waals surface area contributed by atoms with E-state index >= 15 is 0 Å². The Balaban J connectivity index is 1.88. The third-order valence-electron chi connectivity index (χ3n) is 4.71. The summed E-state index contributed by atoms with van der Waals surface area (Å²) in [4.78, 5) is 4.12. The van der Waals surface area contributed by atoms with Gasteiger partial charge in [0, 0.05) is 23.4 Å². The number of aliphatic hydroxyl groups is 1. The van der Waals surface area contributed by atoms with Gasteiger partial charge in [-0.05, 0) is 37.1 Å². The van der Waals surface area contributed by atoms with Crippen LogP contribution in [0.4, 0.5) is 13.2 Å². The van der Waals surface area contributed by atoms with Crippen LogP contribution in [0.3, 0.4) is 0 Å². The van der Waals surface area contributed by atoms with Gasteiger partial charge in [-0.3, -0.25) is 9.67 Å². The fourth-order valence-electron chi connectivity index (χ4n) is 3.51. The van der Waals surface area contributed by atoms with Gasteiger partial charge in [0.05, 0.1) is 35.8 Å². The van der Waals surface area contributed by atoms with E-state index in [1.807, 2.05) is 0 Å². The summed E-state index contributed by atoms with van der Waals surface area (Å²) in [7, 11) is 0. The second-order valence-corrected chi connectivity index (χ2v) is 6.72. The molecule has 3 aromatic rings. The van der Waals surface area contributed by atoms with Crippen LogP contribution in [0.5, 0.6) is 0 Å². The van der Waals surface area contributed by atoms with E-state index < -0.39 is 11.7 Å². The van der Waals surface area contributed by atoms with Crippen molar-refractivity contribution in [2.45, 2.75) is 39.7 Å². The predicted octanol–water partition coefficient (Wildman–Crippen LogP) is 3.65. The number of fused-ring (bicyclic) bond motifs is 1. The van der Waals surface area contributed by atoms with E-state index in [0.29, 0.717) is 45.1 Å². The monoisotopic (exact) mass is 390 g/mol. The number of aromatic nitrogens is 3. The standard InChI is InChI=1S/C19H17F3N4O2/c1-10-3-14(28-25-10)8-26-17(9-27)18(11(2)24-26)15-5-13(19(20,21)22)4-12-6-23-7-16(12)15/h3-5,7,27H,6,8-9H2,1-2H3. The molecule has 0 amide bonds. The molecule has 146 valence electrons. The van der Waals surface area contributed by atoms with Gasteiger partial charge in [-0.1, -0.05) is 5.16 Å². The molecule has 9 heteroatoms. The second-order valence-electron chi connectivity index (χ2n) is 6.72. The number of aliphatic imine (C=N–C) groups is 1. The number of hydrogen-bond donors (Lipinski definition) is 1. The maximum Gasteiger partial charge on any atom is 0.416 e. The summed E-state index contributed by atoms with van der Waals surface area (Å²) < 4.78 is 46.9. The highest BCUT2D eigenvalue weighted by molar-refractivity contribution is 5.95. The normalized spacial score (nSPS) is 13.4. The van der Waals surface area contributed by atoms with Gasteiger partial charge < -0.3 is 9.63 Å². The lowest BCUT2D eigenvalue weighted by Crippen LogP contribution is -2.08. The van der Waals surface area contributed by atoms with E-state index in [1.165, 1.54) is 4.68 Å². The molecule has 1 aromatic carbocycles. The van der Waals surface area contributed by atoms with Crippen molar-refractivity contribution in [3.8, 4) is 11.1 Å². The third-order valence-corrected chi connectivity index (χ3v) is 4.71. The van der Waals surface area contributed by atoms with Crippen LogP contribution in [-0.2, 0) is 25.9 Å². The fraction of sp³-hybridized carbons (Fsp3) is 0.316. The number of aryl methyl sites for hydroxylation is 2. The lowest BCUT2D eigenvalue weighted by Gasteiger charge is -2.14. The summed E-state index contributed by atoms with van der Waals surface area (Å²) in [5, 5.41) is 18.2. The van der Waals surface area contributed by atoms with Crippen LogP contribution >= 0.6 is 0 Å². The SMILES string of the molecule is Cc1cc(Cn2nc(C)c(-c3cc(C(F)(F)F)cc4c3C=NC4)c2CO)on1. The minimum Gasteiger partial charge on any atom is -0.390 e. The highest BCUT2D eigenvalue weighted by atomic mass is 19.4. The maximum atomic E-state index is 13.4. The summed E-state index contributed by atoms with van der Waals surface area (Å²) in [6.45, 7) is 3.52. The van der Waals surface area contributed by atoms with Gasteiger partial charge in [-0.15, -0.1) is 0 Å². The quantitative estimate of drug-likeness (QED) is 0.738. The molecule has 0 radical (unpaired) electrons. The first kappa shape index (κ1) is 18.4. The molecule has 1 aliphatic heterocycles. The van der Waals surface area contributed by atoms with Crippen LogP contribution in [0, 0.1) is 13.8 Å². The molecule has 28 heavy (non-hydrogen) atoms. The Kier molecular flexibility index (Phi) is 4.34. The van der Waals surface area contributed by atoms with E-state index in [9.17, 15) is 18.3 Å². The topological polar surface area (TPSA) is 76.4 Å². The molecule has 0 saturated carbocycles. The smallest absolute Gasteiger partial charge is 0.390 e. The highest BCUT2D eigenvalue weighted by Gasteiger charge is 2.33. The molecule has 0 bridgehead atoms. The Morgan fingerprint density at radius 3 is 2.64 bits per heavy atom. The van der Waals surface area contributed by atoms with Gasteiger partial charge in [0.1, 0.15) is 6.54 Å². The summed E-state index contributed by atoms with van der Waals surface area (Å²) in [6.07, 6.45) is -2.91. The number of benzene rings is 1. The minimum atomic E-state index is -4.48. The number of halogens is 3. The molecular weight excluding hydrogens is 373 g/mol. The number of hydrogen-bond acceptors (Lipinski definition) is 5. The molecule has 1 N–H and O–H groups in total. The molecule has 0 atom stereocenters. The Morgan fingerprint density at radius 2 is 2.00 bits per heavy atom. The maximum absolute atomic E-state index is 13.4. The van der Waals surface area contributed by atoms with Crippen molar-refractivity contribution >= 4 is 6.21 Å². The van der Waals surface area contributed by atoms with Gasteiger partial charge in [-0.25, -0.2) is 0 Å². The van der Waals surface area contributed by atoms with E-state index in [4.69, 9.17) is 4.52 Å². The summed E-state index contributed by atoms with van der Waals surface area (Å²) in [5.74, 6) is 0.539. The molecule has 6 nitrogen and oxygen atoms in total. The van der Waals surface area contributed by atoms with Gasteiger partial charge in [0.2, 0.25) is 0 Å². The first-order valence-corrected chi connectivity index (χ1v) is 8.61. The molecular formula is C19H17F3N4O2. The summed E-state index contributed by atoms with van der Waals surface area (Å²) in [5.41, 5.74) is 2.87. The van der Waals surface area contributed by atoms with Gasteiger partial charge in [0.15, 0.2) is 5.76 Å². The number of nitrogens with zero attached hydrogens (tertiary/aromatic N) is 4. The largest absolute Gasteiger partial charge is 0.416 e. The average molecular weight is 390 g/mol. The van der Waals surface area contributed by atoms with Gasteiger partial charge in [0.25, 0.3) is 0 Å². The zero-order chi connectivity index (χ0) is 20.1. The zero-order valence-electron chi connectivity index (χ0n) is 15.2. The molecule has 0 saturated heterocycles. The summed E-state index contributed by atoms with van der Waals surface area (Å²) >= 11 is 0. The van der Waals surface area contributed by atoms with Crippen molar-refractivity contribution in [3.05, 3.63) is 57.7 Å².